The lowest BCUT2D eigenvalue weighted by molar-refractivity contribution is -0.110. The van der Waals surface area contributed by atoms with Gasteiger partial charge in [-0.25, -0.2) is 0 Å². The molecule has 0 atom stereocenters. The number of para-hydroxylation sites is 1. The summed E-state index contributed by atoms with van der Waals surface area (Å²) in [6, 6.07) is 7.11. The van der Waals surface area contributed by atoms with Crippen LogP contribution in [0.1, 0.15) is 6.42 Å². The molecule has 84 valence electrons. The van der Waals surface area contributed by atoms with Crippen molar-refractivity contribution in [3.8, 4) is 0 Å². The SMILES string of the molecule is O=C(Nc1ccccc1Cl)C1=NCCCN1. The first-order valence-electron chi connectivity index (χ1n) is 5.11. The second-order valence-corrected chi connectivity index (χ2v) is 3.85. The van der Waals surface area contributed by atoms with Crippen LogP contribution in [-0.2, 0) is 4.79 Å². The third-order valence-corrected chi connectivity index (χ3v) is 2.56. The van der Waals surface area contributed by atoms with Crippen LogP contribution in [0.5, 0.6) is 0 Å². The second-order valence-electron chi connectivity index (χ2n) is 3.44. The van der Waals surface area contributed by atoms with E-state index in [1.807, 2.05) is 12.1 Å². The summed E-state index contributed by atoms with van der Waals surface area (Å²) in [6.45, 7) is 1.48. The maximum Gasteiger partial charge on any atom is 0.290 e. The number of aliphatic imine (C=N–C) groups is 1. The van der Waals surface area contributed by atoms with Gasteiger partial charge in [-0.3, -0.25) is 9.79 Å². The summed E-state index contributed by atoms with van der Waals surface area (Å²) in [5.74, 6) is 0.138. The zero-order valence-corrected chi connectivity index (χ0v) is 9.42. The molecular weight excluding hydrogens is 226 g/mol. The summed E-state index contributed by atoms with van der Waals surface area (Å²) in [7, 11) is 0. The predicted molar refractivity (Wildman–Crippen MR) is 65.0 cm³/mol. The van der Waals surface area contributed by atoms with E-state index in [2.05, 4.69) is 15.6 Å². The first-order valence-corrected chi connectivity index (χ1v) is 5.49. The van der Waals surface area contributed by atoms with Gasteiger partial charge in [0, 0.05) is 13.1 Å². The van der Waals surface area contributed by atoms with Crippen molar-refractivity contribution in [1.29, 1.82) is 0 Å². The molecule has 0 radical (unpaired) electrons. The van der Waals surface area contributed by atoms with Crippen molar-refractivity contribution in [1.82, 2.24) is 5.32 Å². The molecule has 1 aliphatic heterocycles. The lowest BCUT2D eigenvalue weighted by atomic mass is 10.3. The molecule has 16 heavy (non-hydrogen) atoms. The average molecular weight is 238 g/mol. The number of amides is 1. The van der Waals surface area contributed by atoms with E-state index in [0.29, 0.717) is 23.1 Å². The minimum absolute atomic E-state index is 0.243. The first-order chi connectivity index (χ1) is 7.77. The lowest BCUT2D eigenvalue weighted by Gasteiger charge is -2.14. The molecule has 2 rings (SSSR count). The molecule has 1 aliphatic rings. The Labute approximate surface area is 98.7 Å². The zero-order valence-electron chi connectivity index (χ0n) is 8.66. The molecule has 2 N–H and O–H groups in total. The van der Waals surface area contributed by atoms with Crippen LogP contribution < -0.4 is 10.6 Å². The molecule has 0 spiro atoms. The first kappa shape index (κ1) is 11.0. The summed E-state index contributed by atoms with van der Waals surface area (Å²) in [5.41, 5.74) is 0.601. The number of halogens is 1. The van der Waals surface area contributed by atoms with Crippen LogP contribution in [0.3, 0.4) is 0 Å². The molecule has 0 unspecified atom stereocenters. The third-order valence-electron chi connectivity index (χ3n) is 2.23. The van der Waals surface area contributed by atoms with Crippen LogP contribution in [0.2, 0.25) is 5.02 Å². The highest BCUT2D eigenvalue weighted by atomic mass is 35.5. The number of nitrogens with zero attached hydrogens (tertiary/aromatic N) is 1. The van der Waals surface area contributed by atoms with Crippen LogP contribution in [0, 0.1) is 0 Å². The van der Waals surface area contributed by atoms with Gasteiger partial charge in [-0.05, 0) is 18.6 Å². The molecule has 1 aromatic carbocycles. The van der Waals surface area contributed by atoms with E-state index in [1.54, 1.807) is 12.1 Å². The van der Waals surface area contributed by atoms with Gasteiger partial charge < -0.3 is 10.6 Å². The quantitative estimate of drug-likeness (QED) is 0.822. The van der Waals surface area contributed by atoms with E-state index in [-0.39, 0.29) is 5.91 Å². The summed E-state index contributed by atoms with van der Waals surface area (Å²) >= 11 is 5.93. The highest BCUT2D eigenvalue weighted by Gasteiger charge is 2.14. The normalized spacial score (nSPS) is 14.9. The highest BCUT2D eigenvalue weighted by Crippen LogP contribution is 2.20. The van der Waals surface area contributed by atoms with Gasteiger partial charge in [-0.2, -0.15) is 0 Å². The van der Waals surface area contributed by atoms with Crippen molar-refractivity contribution in [3.63, 3.8) is 0 Å². The van der Waals surface area contributed by atoms with Crippen LogP contribution in [0.4, 0.5) is 5.69 Å². The third kappa shape index (κ3) is 2.52. The Bertz CT molecular complexity index is 431. The van der Waals surface area contributed by atoms with E-state index >= 15 is 0 Å². The van der Waals surface area contributed by atoms with Gasteiger partial charge in [0.2, 0.25) is 0 Å². The molecular formula is C11H12ClN3O. The Balaban J connectivity index is 2.07. The van der Waals surface area contributed by atoms with Crippen molar-refractivity contribution >= 4 is 29.0 Å². The summed E-state index contributed by atoms with van der Waals surface area (Å²) in [6.07, 6.45) is 0.961. The van der Waals surface area contributed by atoms with E-state index < -0.39 is 0 Å². The molecule has 4 nitrogen and oxygen atoms in total. The monoisotopic (exact) mass is 237 g/mol. The molecule has 1 amide bonds. The maximum atomic E-state index is 11.8. The topological polar surface area (TPSA) is 53.5 Å². The van der Waals surface area contributed by atoms with Crippen LogP contribution >= 0.6 is 11.6 Å². The summed E-state index contributed by atoms with van der Waals surface area (Å²) in [5, 5.41) is 6.19. The molecule has 0 fully saturated rings. The van der Waals surface area contributed by atoms with E-state index in [9.17, 15) is 4.79 Å². The molecule has 0 aromatic heterocycles. The Hall–Kier alpha value is -1.55. The standard InChI is InChI=1S/C11H12ClN3O/c12-8-4-1-2-5-9(8)15-11(16)10-13-6-3-7-14-10/h1-2,4-5H,3,6-7H2,(H,13,14)(H,15,16). The minimum Gasteiger partial charge on any atom is -0.366 e. The van der Waals surface area contributed by atoms with Gasteiger partial charge in [0.1, 0.15) is 0 Å². The number of nitrogens with one attached hydrogen (secondary N) is 2. The molecule has 0 bridgehead atoms. The van der Waals surface area contributed by atoms with Gasteiger partial charge in [0.05, 0.1) is 10.7 Å². The maximum absolute atomic E-state index is 11.8. The van der Waals surface area contributed by atoms with Crippen molar-refractivity contribution in [3.05, 3.63) is 29.3 Å². The summed E-state index contributed by atoms with van der Waals surface area (Å²) < 4.78 is 0. The fraction of sp³-hybridized carbons (Fsp3) is 0.273. The fourth-order valence-electron chi connectivity index (χ4n) is 1.43. The van der Waals surface area contributed by atoms with E-state index in [1.165, 1.54) is 0 Å². The van der Waals surface area contributed by atoms with Crippen molar-refractivity contribution in [2.45, 2.75) is 6.42 Å². The number of hydrogen-bond acceptors (Lipinski definition) is 3. The largest absolute Gasteiger partial charge is 0.366 e. The summed E-state index contributed by atoms with van der Waals surface area (Å²) in [4.78, 5) is 15.9. The number of carbonyl (C=O) groups excluding carboxylic acids is 1. The van der Waals surface area contributed by atoms with Crippen molar-refractivity contribution < 1.29 is 4.79 Å². The van der Waals surface area contributed by atoms with E-state index in [0.717, 1.165) is 13.0 Å². The number of benzene rings is 1. The number of hydrogen-bond donors (Lipinski definition) is 2. The molecule has 1 aromatic rings. The zero-order chi connectivity index (χ0) is 11.4. The van der Waals surface area contributed by atoms with Crippen LogP contribution in [0.25, 0.3) is 0 Å². The van der Waals surface area contributed by atoms with Gasteiger partial charge in [-0.15, -0.1) is 0 Å². The van der Waals surface area contributed by atoms with Crippen LogP contribution in [0.15, 0.2) is 29.3 Å². The Kier molecular flexibility index (Phi) is 3.41. The van der Waals surface area contributed by atoms with Crippen molar-refractivity contribution in [2.75, 3.05) is 18.4 Å². The predicted octanol–water partition coefficient (Wildman–Crippen LogP) is 1.67. The number of anilines is 1. The number of carbonyl (C=O) groups is 1. The molecule has 0 saturated heterocycles. The average Bonchev–Trinajstić information content (AvgIpc) is 2.33. The van der Waals surface area contributed by atoms with E-state index in [4.69, 9.17) is 11.6 Å². The molecule has 1 heterocycles. The smallest absolute Gasteiger partial charge is 0.290 e. The Morgan fingerprint density at radius 1 is 1.44 bits per heavy atom. The molecule has 5 heteroatoms. The Morgan fingerprint density at radius 2 is 2.25 bits per heavy atom. The fourth-order valence-corrected chi connectivity index (χ4v) is 1.61. The van der Waals surface area contributed by atoms with Gasteiger partial charge in [-0.1, -0.05) is 23.7 Å². The second kappa shape index (κ2) is 4.99. The number of rotatable bonds is 2. The van der Waals surface area contributed by atoms with Gasteiger partial charge in [0.15, 0.2) is 5.84 Å². The van der Waals surface area contributed by atoms with Gasteiger partial charge >= 0.3 is 0 Å². The van der Waals surface area contributed by atoms with Gasteiger partial charge in [0.25, 0.3) is 5.91 Å². The number of amidine groups is 1. The van der Waals surface area contributed by atoms with Crippen molar-refractivity contribution in [2.24, 2.45) is 4.99 Å². The lowest BCUT2D eigenvalue weighted by Crippen LogP contribution is -2.39. The molecule has 0 aliphatic carbocycles. The minimum atomic E-state index is -0.243. The highest BCUT2D eigenvalue weighted by molar-refractivity contribution is 6.43. The molecule has 0 saturated carbocycles. The Morgan fingerprint density at radius 3 is 2.94 bits per heavy atom. The van der Waals surface area contributed by atoms with Crippen LogP contribution in [-0.4, -0.2) is 24.8 Å².